The number of benzene rings is 1. The zero-order chi connectivity index (χ0) is 30.1. The number of aliphatic hydroxyl groups is 1. The number of H-pyrrole nitrogens is 1. The van der Waals surface area contributed by atoms with Gasteiger partial charge in [0.1, 0.15) is 35.3 Å². The van der Waals surface area contributed by atoms with E-state index >= 15 is 0 Å². The van der Waals surface area contributed by atoms with E-state index in [1.807, 2.05) is 0 Å². The Bertz CT molecular complexity index is 1490. The van der Waals surface area contributed by atoms with Gasteiger partial charge in [-0.15, -0.1) is 11.6 Å². The number of aromatic nitrogens is 4. The van der Waals surface area contributed by atoms with Crippen molar-refractivity contribution < 1.29 is 37.4 Å². The topological polar surface area (TPSA) is 155 Å². The Kier molecular flexibility index (Phi) is 9.25. The summed E-state index contributed by atoms with van der Waals surface area (Å²) in [5.41, 5.74) is -0.461. The Morgan fingerprint density at radius 3 is 2.61 bits per heavy atom. The molecule has 0 bridgehead atoms. The Labute approximate surface area is 240 Å². The number of halogens is 2. The highest BCUT2D eigenvalue weighted by Gasteiger charge is 2.59. The van der Waals surface area contributed by atoms with E-state index in [0.29, 0.717) is 0 Å². The predicted octanol–water partition coefficient (Wildman–Crippen LogP) is 3.90. The molecule has 1 aliphatic heterocycles. The standard InChI is InChI=1S/C26H33ClFN4O8P/c1-14(2)37-24(35)15(3)11-41(36,40-18-9-7-6-8-10-18)39-16(4)20-21(33)26(27,12-28)25(38-20)32-13-29-19-22(32)30-17(5)31-23(19)34/h6-10,13-16,20-21,25,33H,11-12H2,1-5H3,(H,30,31,34)/t15-,16-,20-,21+,25-,26?,41-/m1/s1. The van der Waals surface area contributed by atoms with Crippen molar-refractivity contribution in [2.45, 2.75) is 70.1 Å². The van der Waals surface area contributed by atoms with E-state index in [1.165, 1.54) is 24.7 Å². The highest BCUT2D eigenvalue weighted by atomic mass is 35.5. The largest absolute Gasteiger partial charge is 0.463 e. The molecule has 1 aliphatic rings. The van der Waals surface area contributed by atoms with Crippen LogP contribution in [0.15, 0.2) is 41.5 Å². The smallest absolute Gasteiger partial charge is 0.380 e. The molecule has 1 fully saturated rings. The second-order valence-corrected chi connectivity index (χ2v) is 13.0. The van der Waals surface area contributed by atoms with Crippen molar-refractivity contribution in [3.05, 3.63) is 52.8 Å². The van der Waals surface area contributed by atoms with Crippen molar-refractivity contribution in [2.24, 2.45) is 5.92 Å². The highest BCUT2D eigenvalue weighted by Crippen LogP contribution is 2.53. The van der Waals surface area contributed by atoms with Gasteiger partial charge < -0.3 is 24.1 Å². The number of carbonyl (C=O) groups excluding carboxylic acids is 1. The number of aliphatic hydroxyl groups excluding tert-OH is 1. The summed E-state index contributed by atoms with van der Waals surface area (Å²) in [6.07, 6.45) is -5.03. The lowest BCUT2D eigenvalue weighted by Gasteiger charge is -2.29. The lowest BCUT2D eigenvalue weighted by molar-refractivity contribution is -0.151. The third-order valence-electron chi connectivity index (χ3n) is 6.54. The molecule has 3 heterocycles. The molecule has 7 atom stereocenters. The molecule has 1 saturated heterocycles. The molecule has 0 radical (unpaired) electrons. The zero-order valence-electron chi connectivity index (χ0n) is 23.2. The number of carbonyl (C=O) groups is 1. The van der Waals surface area contributed by atoms with E-state index in [-0.39, 0.29) is 35.0 Å². The van der Waals surface area contributed by atoms with Gasteiger partial charge in [-0.3, -0.25) is 18.7 Å². The van der Waals surface area contributed by atoms with Crippen molar-refractivity contribution >= 4 is 36.3 Å². The molecule has 4 rings (SSSR count). The van der Waals surface area contributed by atoms with E-state index in [1.54, 1.807) is 51.1 Å². The molecule has 224 valence electrons. The molecular weight excluding hydrogens is 582 g/mol. The van der Waals surface area contributed by atoms with Crippen LogP contribution in [0.2, 0.25) is 0 Å². The normalized spacial score (nSPS) is 25.6. The molecule has 1 unspecified atom stereocenters. The first-order chi connectivity index (χ1) is 19.3. The minimum atomic E-state index is -4.12. The molecule has 3 aromatic rings. The molecule has 12 nitrogen and oxygen atoms in total. The third kappa shape index (κ3) is 6.49. The average Bonchev–Trinajstić information content (AvgIpc) is 3.42. The highest BCUT2D eigenvalue weighted by molar-refractivity contribution is 7.54. The minimum absolute atomic E-state index is 0.0256. The van der Waals surface area contributed by atoms with Crippen LogP contribution in [0.25, 0.3) is 11.2 Å². The number of ether oxygens (including phenoxy) is 2. The van der Waals surface area contributed by atoms with Crippen molar-refractivity contribution in [1.82, 2.24) is 19.5 Å². The predicted molar refractivity (Wildman–Crippen MR) is 148 cm³/mol. The Morgan fingerprint density at radius 1 is 1.29 bits per heavy atom. The minimum Gasteiger partial charge on any atom is -0.463 e. The molecule has 2 N–H and O–H groups in total. The fraction of sp³-hybridized carbons (Fsp3) is 0.538. The second kappa shape index (κ2) is 12.2. The number of aryl methyl sites for hydroxylation is 1. The van der Waals surface area contributed by atoms with Crippen LogP contribution in [0.1, 0.15) is 39.7 Å². The van der Waals surface area contributed by atoms with Gasteiger partial charge in [0.05, 0.1) is 30.6 Å². The lowest BCUT2D eigenvalue weighted by atomic mass is 9.97. The van der Waals surface area contributed by atoms with Crippen LogP contribution >= 0.6 is 19.2 Å². The number of hydrogen-bond donors (Lipinski definition) is 2. The van der Waals surface area contributed by atoms with Crippen LogP contribution in [-0.4, -0.2) is 72.7 Å². The fourth-order valence-electron chi connectivity index (χ4n) is 4.59. The van der Waals surface area contributed by atoms with Crippen LogP contribution in [0.3, 0.4) is 0 Å². The van der Waals surface area contributed by atoms with Crippen molar-refractivity contribution in [3.8, 4) is 5.75 Å². The van der Waals surface area contributed by atoms with Gasteiger partial charge in [0.25, 0.3) is 5.56 Å². The van der Waals surface area contributed by atoms with Crippen molar-refractivity contribution in [2.75, 3.05) is 12.8 Å². The van der Waals surface area contributed by atoms with E-state index < -0.39 is 61.1 Å². The van der Waals surface area contributed by atoms with Gasteiger partial charge in [-0.05, 0) is 39.8 Å². The van der Waals surface area contributed by atoms with Crippen LogP contribution < -0.4 is 10.1 Å². The number of esters is 1. The maximum atomic E-state index is 14.5. The quantitative estimate of drug-likeness (QED) is 0.185. The number of alkyl halides is 2. The molecule has 0 amide bonds. The van der Waals surface area contributed by atoms with Gasteiger partial charge in [0.15, 0.2) is 17.4 Å². The number of fused-ring (bicyclic) bond motifs is 1. The number of nitrogens with one attached hydrogen (secondary N) is 1. The fourth-order valence-corrected chi connectivity index (χ4v) is 6.96. The monoisotopic (exact) mass is 614 g/mol. The maximum Gasteiger partial charge on any atom is 0.380 e. The maximum absolute atomic E-state index is 14.5. The molecule has 1 aromatic carbocycles. The summed E-state index contributed by atoms with van der Waals surface area (Å²) >= 11 is 6.63. The van der Waals surface area contributed by atoms with E-state index in [2.05, 4.69) is 15.0 Å². The number of rotatable bonds is 11. The van der Waals surface area contributed by atoms with Gasteiger partial charge in [0.2, 0.25) is 0 Å². The molecular formula is C26H33ClFN4O8P. The van der Waals surface area contributed by atoms with E-state index in [4.69, 9.17) is 30.1 Å². The molecule has 0 aliphatic carbocycles. The summed E-state index contributed by atoms with van der Waals surface area (Å²) in [5, 5.41) is 11.2. The van der Waals surface area contributed by atoms with Gasteiger partial charge in [-0.1, -0.05) is 25.1 Å². The van der Waals surface area contributed by atoms with E-state index in [9.17, 15) is 23.7 Å². The van der Waals surface area contributed by atoms with Crippen LogP contribution in [0.4, 0.5) is 4.39 Å². The van der Waals surface area contributed by atoms with Gasteiger partial charge in [-0.25, -0.2) is 18.9 Å². The van der Waals surface area contributed by atoms with Gasteiger partial charge in [0, 0.05) is 0 Å². The second-order valence-electron chi connectivity index (χ2n) is 10.3. The Balaban J connectivity index is 1.63. The van der Waals surface area contributed by atoms with Crippen LogP contribution in [0, 0.1) is 12.8 Å². The van der Waals surface area contributed by atoms with Crippen LogP contribution in [-0.2, 0) is 23.4 Å². The van der Waals surface area contributed by atoms with E-state index in [0.717, 1.165) is 0 Å². The summed E-state index contributed by atoms with van der Waals surface area (Å²) in [7, 11) is -4.12. The summed E-state index contributed by atoms with van der Waals surface area (Å²) in [6, 6.07) is 8.24. The van der Waals surface area contributed by atoms with Crippen LogP contribution in [0.5, 0.6) is 5.75 Å². The summed E-state index contributed by atoms with van der Waals surface area (Å²) in [4.78, 5) is 33.7. The molecule has 0 saturated carbocycles. The number of imidazole rings is 1. The average molecular weight is 615 g/mol. The summed E-state index contributed by atoms with van der Waals surface area (Å²) in [5.74, 6) is -0.956. The van der Waals surface area contributed by atoms with Gasteiger partial charge >= 0.3 is 13.6 Å². The Morgan fingerprint density at radius 2 is 1.98 bits per heavy atom. The molecule has 0 spiro atoms. The SMILES string of the molecule is Cc1nc2c(ncn2[C@@H]2O[C@H]([C@@H](C)O[P@](=O)(C[C@@H](C)C(=O)OC(C)C)Oc3ccccc3)[C@H](O)C2(Cl)CF)c(=O)[nH]1. The van der Waals surface area contributed by atoms with Crippen molar-refractivity contribution in [3.63, 3.8) is 0 Å². The summed E-state index contributed by atoms with van der Waals surface area (Å²) in [6.45, 7) is 6.71. The number of nitrogens with zero attached hydrogens (tertiary/aromatic N) is 3. The number of para-hydroxylation sites is 1. The molecule has 15 heteroatoms. The Hall–Kier alpha value is -2.83. The first-order valence-corrected chi connectivity index (χ1v) is 15.1. The first-order valence-electron chi connectivity index (χ1n) is 13.0. The zero-order valence-corrected chi connectivity index (χ0v) is 24.8. The lowest BCUT2D eigenvalue weighted by Crippen LogP contribution is -2.46. The molecule has 2 aromatic heterocycles. The summed E-state index contributed by atoms with van der Waals surface area (Å²) < 4.78 is 52.8. The van der Waals surface area contributed by atoms with Gasteiger partial charge in [-0.2, -0.15) is 0 Å². The third-order valence-corrected chi connectivity index (χ3v) is 9.19. The number of aromatic amines is 1. The first kappa shape index (κ1) is 31.1. The van der Waals surface area contributed by atoms with Crippen molar-refractivity contribution in [1.29, 1.82) is 0 Å². The number of hydrogen-bond acceptors (Lipinski definition) is 10. The molecule has 41 heavy (non-hydrogen) atoms.